The molecule has 1 saturated carbocycles. The van der Waals surface area contributed by atoms with Gasteiger partial charge in [0.1, 0.15) is 17.3 Å². The minimum atomic E-state index is -0.104. The largest absolute Gasteiger partial charge is 0.385 e. The van der Waals surface area contributed by atoms with E-state index in [0.29, 0.717) is 30.0 Å². The molecule has 0 spiro atoms. The van der Waals surface area contributed by atoms with Crippen molar-refractivity contribution in [3.63, 3.8) is 0 Å². The van der Waals surface area contributed by atoms with Gasteiger partial charge in [-0.25, -0.2) is 9.97 Å². The Balaban J connectivity index is 1.94. The predicted octanol–water partition coefficient (Wildman–Crippen LogP) is 1.91. The third kappa shape index (κ3) is 4.97. The lowest BCUT2D eigenvalue weighted by Crippen LogP contribution is -2.33. The van der Waals surface area contributed by atoms with Crippen molar-refractivity contribution in [2.24, 2.45) is 0 Å². The van der Waals surface area contributed by atoms with Gasteiger partial charge in [-0.15, -0.1) is 0 Å². The summed E-state index contributed by atoms with van der Waals surface area (Å²) in [7, 11) is 1.68. The van der Waals surface area contributed by atoms with Crippen LogP contribution in [0.1, 0.15) is 48.4 Å². The highest BCUT2D eigenvalue weighted by atomic mass is 16.5. The van der Waals surface area contributed by atoms with Crippen molar-refractivity contribution in [3.8, 4) is 0 Å². The Bertz CT molecular complexity index is 473. The first-order chi connectivity index (χ1) is 10.2. The van der Waals surface area contributed by atoms with E-state index in [4.69, 9.17) is 4.74 Å². The van der Waals surface area contributed by atoms with Crippen LogP contribution in [-0.4, -0.2) is 42.2 Å². The number of hydrogen-bond donors (Lipinski definition) is 2. The van der Waals surface area contributed by atoms with E-state index in [1.807, 2.05) is 0 Å². The van der Waals surface area contributed by atoms with Crippen molar-refractivity contribution >= 4 is 11.7 Å². The zero-order valence-electron chi connectivity index (χ0n) is 12.8. The summed E-state index contributed by atoms with van der Waals surface area (Å²) in [5.74, 6) is 1.19. The Kier molecular flexibility index (Phi) is 5.92. The number of aryl methyl sites for hydroxylation is 1. The molecule has 1 aliphatic rings. The number of amides is 1. The molecule has 2 N–H and O–H groups in total. The molecule has 1 aromatic rings. The standard InChI is InChI=1S/C15H24N4O2/c1-11-17-13(15(20)19-12-6-3-4-7-12)10-14(18-11)16-8-5-9-21-2/h10,12H,3-9H2,1-2H3,(H,19,20)(H,16,17,18). The normalized spacial score (nSPS) is 15.1. The Labute approximate surface area is 125 Å². The molecular weight excluding hydrogens is 268 g/mol. The zero-order chi connectivity index (χ0) is 15.1. The van der Waals surface area contributed by atoms with E-state index < -0.39 is 0 Å². The minimum Gasteiger partial charge on any atom is -0.385 e. The van der Waals surface area contributed by atoms with Crippen LogP contribution >= 0.6 is 0 Å². The quantitative estimate of drug-likeness (QED) is 0.751. The second-order valence-electron chi connectivity index (χ2n) is 5.41. The number of anilines is 1. The van der Waals surface area contributed by atoms with Crippen molar-refractivity contribution in [1.82, 2.24) is 15.3 Å². The fourth-order valence-corrected chi connectivity index (χ4v) is 2.54. The minimum absolute atomic E-state index is 0.104. The van der Waals surface area contributed by atoms with E-state index in [1.54, 1.807) is 20.1 Å². The highest BCUT2D eigenvalue weighted by molar-refractivity contribution is 5.93. The van der Waals surface area contributed by atoms with Gasteiger partial charge < -0.3 is 15.4 Å². The number of methoxy groups -OCH3 is 1. The Morgan fingerprint density at radius 2 is 2.14 bits per heavy atom. The van der Waals surface area contributed by atoms with Gasteiger partial charge in [0.25, 0.3) is 5.91 Å². The average Bonchev–Trinajstić information content (AvgIpc) is 2.96. The van der Waals surface area contributed by atoms with E-state index in [2.05, 4.69) is 20.6 Å². The topological polar surface area (TPSA) is 76.1 Å². The first-order valence-corrected chi connectivity index (χ1v) is 7.58. The van der Waals surface area contributed by atoms with Crippen LogP contribution < -0.4 is 10.6 Å². The third-order valence-electron chi connectivity index (χ3n) is 3.59. The molecule has 1 fully saturated rings. The average molecular weight is 292 g/mol. The third-order valence-corrected chi connectivity index (χ3v) is 3.59. The van der Waals surface area contributed by atoms with Crippen LogP contribution in [-0.2, 0) is 4.74 Å². The Morgan fingerprint density at radius 3 is 2.86 bits per heavy atom. The predicted molar refractivity (Wildman–Crippen MR) is 81.5 cm³/mol. The number of hydrogen-bond acceptors (Lipinski definition) is 5. The summed E-state index contributed by atoms with van der Waals surface area (Å²) in [4.78, 5) is 20.8. The number of nitrogens with one attached hydrogen (secondary N) is 2. The molecule has 0 radical (unpaired) electrons. The Hall–Kier alpha value is -1.69. The molecule has 0 unspecified atom stereocenters. The Morgan fingerprint density at radius 1 is 1.38 bits per heavy atom. The van der Waals surface area contributed by atoms with Gasteiger partial charge in [-0.3, -0.25) is 4.79 Å². The molecule has 6 heteroatoms. The van der Waals surface area contributed by atoms with Crippen LogP contribution in [0.25, 0.3) is 0 Å². The molecule has 1 amide bonds. The fraction of sp³-hybridized carbons (Fsp3) is 0.667. The van der Waals surface area contributed by atoms with Gasteiger partial charge in [-0.1, -0.05) is 12.8 Å². The number of carbonyl (C=O) groups excluding carboxylic acids is 1. The molecule has 0 aromatic carbocycles. The summed E-state index contributed by atoms with van der Waals surface area (Å²) in [6, 6.07) is 2.01. The van der Waals surface area contributed by atoms with Gasteiger partial charge in [-0.05, 0) is 26.2 Å². The van der Waals surface area contributed by atoms with Crippen LogP contribution in [0.2, 0.25) is 0 Å². The van der Waals surface area contributed by atoms with Crippen LogP contribution in [0, 0.1) is 6.92 Å². The van der Waals surface area contributed by atoms with Crippen LogP contribution in [0.3, 0.4) is 0 Å². The van der Waals surface area contributed by atoms with Gasteiger partial charge in [0.15, 0.2) is 0 Å². The van der Waals surface area contributed by atoms with Gasteiger partial charge in [0, 0.05) is 32.4 Å². The van der Waals surface area contributed by atoms with Crippen LogP contribution in [0.5, 0.6) is 0 Å². The molecule has 21 heavy (non-hydrogen) atoms. The molecule has 6 nitrogen and oxygen atoms in total. The zero-order valence-corrected chi connectivity index (χ0v) is 12.8. The first kappa shape index (κ1) is 15.7. The highest BCUT2D eigenvalue weighted by Crippen LogP contribution is 2.18. The summed E-state index contributed by atoms with van der Waals surface area (Å²) >= 11 is 0. The van der Waals surface area contributed by atoms with Crippen molar-refractivity contribution in [2.75, 3.05) is 25.6 Å². The molecule has 0 bridgehead atoms. The van der Waals surface area contributed by atoms with Gasteiger partial charge in [0.05, 0.1) is 0 Å². The van der Waals surface area contributed by atoms with Crippen LogP contribution in [0.15, 0.2) is 6.07 Å². The first-order valence-electron chi connectivity index (χ1n) is 7.58. The number of aromatic nitrogens is 2. The van der Waals surface area contributed by atoms with E-state index in [9.17, 15) is 4.79 Å². The lowest BCUT2D eigenvalue weighted by Gasteiger charge is -2.12. The summed E-state index contributed by atoms with van der Waals surface area (Å²) in [5, 5.41) is 6.25. The van der Waals surface area contributed by atoms with E-state index >= 15 is 0 Å². The monoisotopic (exact) mass is 292 g/mol. The molecular formula is C15H24N4O2. The SMILES string of the molecule is COCCCNc1cc(C(=O)NC2CCCC2)nc(C)n1. The molecule has 2 rings (SSSR count). The maximum Gasteiger partial charge on any atom is 0.270 e. The molecule has 1 heterocycles. The number of carbonyl (C=O) groups is 1. The lowest BCUT2D eigenvalue weighted by molar-refractivity contribution is 0.0932. The second kappa shape index (κ2) is 7.93. The fourth-order valence-electron chi connectivity index (χ4n) is 2.54. The number of rotatable bonds is 7. The summed E-state index contributed by atoms with van der Waals surface area (Å²) in [5.41, 5.74) is 0.434. The molecule has 0 aliphatic heterocycles. The number of nitrogens with zero attached hydrogens (tertiary/aromatic N) is 2. The van der Waals surface area contributed by atoms with E-state index in [1.165, 1.54) is 12.8 Å². The second-order valence-corrected chi connectivity index (χ2v) is 5.41. The van der Waals surface area contributed by atoms with Crippen LogP contribution in [0.4, 0.5) is 5.82 Å². The summed E-state index contributed by atoms with van der Waals surface area (Å²) < 4.78 is 5.00. The number of ether oxygens (including phenoxy) is 1. The molecule has 0 atom stereocenters. The van der Waals surface area contributed by atoms with Crippen molar-refractivity contribution in [1.29, 1.82) is 0 Å². The molecule has 1 aliphatic carbocycles. The summed E-state index contributed by atoms with van der Waals surface area (Å²) in [6.45, 7) is 3.26. The van der Waals surface area contributed by atoms with Gasteiger partial charge in [0.2, 0.25) is 0 Å². The van der Waals surface area contributed by atoms with Gasteiger partial charge >= 0.3 is 0 Å². The van der Waals surface area contributed by atoms with E-state index in [-0.39, 0.29) is 5.91 Å². The van der Waals surface area contributed by atoms with Crippen molar-refractivity contribution < 1.29 is 9.53 Å². The highest BCUT2D eigenvalue weighted by Gasteiger charge is 2.19. The smallest absolute Gasteiger partial charge is 0.270 e. The maximum atomic E-state index is 12.2. The molecule has 1 aromatic heterocycles. The van der Waals surface area contributed by atoms with Gasteiger partial charge in [-0.2, -0.15) is 0 Å². The van der Waals surface area contributed by atoms with E-state index in [0.717, 1.165) is 25.8 Å². The van der Waals surface area contributed by atoms with Crippen molar-refractivity contribution in [3.05, 3.63) is 17.6 Å². The molecule has 116 valence electrons. The summed E-state index contributed by atoms with van der Waals surface area (Å²) in [6.07, 6.45) is 5.42. The lowest BCUT2D eigenvalue weighted by atomic mass is 10.2. The maximum absolute atomic E-state index is 12.2. The molecule has 0 saturated heterocycles. The van der Waals surface area contributed by atoms with Crippen molar-refractivity contribution in [2.45, 2.75) is 45.1 Å².